The molecule has 20 heavy (non-hydrogen) atoms. The van der Waals surface area contributed by atoms with Crippen LogP contribution in [0.1, 0.15) is 9.67 Å². The average Bonchev–Trinajstić information content (AvgIpc) is 3.06. The van der Waals surface area contributed by atoms with Gasteiger partial charge in [-0.1, -0.05) is 0 Å². The van der Waals surface area contributed by atoms with Gasteiger partial charge < -0.3 is 5.11 Å². The number of aromatic carboxylic acids is 1. The van der Waals surface area contributed by atoms with Gasteiger partial charge in [0.2, 0.25) is 10.0 Å². The van der Waals surface area contributed by atoms with E-state index >= 15 is 0 Å². The van der Waals surface area contributed by atoms with Crippen molar-refractivity contribution >= 4 is 27.3 Å². The van der Waals surface area contributed by atoms with E-state index in [1.165, 1.54) is 18.5 Å². The summed E-state index contributed by atoms with van der Waals surface area (Å²) in [5.74, 6) is -1.24. The van der Waals surface area contributed by atoms with Crippen LogP contribution in [0.4, 0.5) is 0 Å². The maximum absolute atomic E-state index is 12.3. The molecule has 7 nitrogen and oxygen atoms in total. The van der Waals surface area contributed by atoms with Crippen molar-refractivity contribution in [3.63, 3.8) is 0 Å². The standard InChI is InChI=1S/C11H13N3O4S2/c1-13(6-7-14-5-2-4-12-14)20(17,18)9-3-8-19-10(9)11(15)16/h2-5,8H,6-7H2,1H3,(H,15,16). The first-order valence-electron chi connectivity index (χ1n) is 5.67. The fourth-order valence-electron chi connectivity index (χ4n) is 1.62. The van der Waals surface area contributed by atoms with Gasteiger partial charge >= 0.3 is 5.97 Å². The third kappa shape index (κ3) is 2.89. The molecule has 0 aromatic carbocycles. The normalized spacial score (nSPS) is 11.9. The number of sulfonamides is 1. The molecular formula is C11H13N3O4S2. The number of aromatic nitrogens is 2. The molecule has 0 amide bonds. The first-order valence-corrected chi connectivity index (χ1v) is 7.99. The predicted octanol–water partition coefficient (Wildman–Crippen LogP) is 0.964. The number of carboxylic acids is 1. The first-order chi connectivity index (χ1) is 9.43. The van der Waals surface area contributed by atoms with Crippen molar-refractivity contribution in [2.75, 3.05) is 13.6 Å². The van der Waals surface area contributed by atoms with Crippen molar-refractivity contribution in [1.29, 1.82) is 0 Å². The summed E-state index contributed by atoms with van der Waals surface area (Å²) in [4.78, 5) is 10.7. The van der Waals surface area contributed by atoms with Crippen LogP contribution in [0, 0.1) is 0 Å². The third-order valence-corrected chi connectivity index (χ3v) is 5.65. The fourth-order valence-corrected chi connectivity index (χ4v) is 4.01. The number of hydrogen-bond acceptors (Lipinski definition) is 5. The van der Waals surface area contributed by atoms with Gasteiger partial charge in [0.1, 0.15) is 9.77 Å². The molecule has 0 spiro atoms. The molecule has 0 aliphatic heterocycles. The lowest BCUT2D eigenvalue weighted by atomic mass is 10.5. The molecule has 0 atom stereocenters. The van der Waals surface area contributed by atoms with Crippen molar-refractivity contribution in [3.8, 4) is 0 Å². The van der Waals surface area contributed by atoms with E-state index in [1.807, 2.05) is 0 Å². The minimum atomic E-state index is -3.80. The van der Waals surface area contributed by atoms with E-state index < -0.39 is 16.0 Å². The van der Waals surface area contributed by atoms with Gasteiger partial charge in [0, 0.05) is 26.0 Å². The van der Waals surface area contributed by atoms with E-state index in [0.717, 1.165) is 15.6 Å². The largest absolute Gasteiger partial charge is 0.477 e. The van der Waals surface area contributed by atoms with Crippen LogP contribution in [0.15, 0.2) is 34.8 Å². The topological polar surface area (TPSA) is 92.5 Å². The zero-order chi connectivity index (χ0) is 14.8. The average molecular weight is 315 g/mol. The summed E-state index contributed by atoms with van der Waals surface area (Å²) in [5, 5.41) is 14.4. The highest BCUT2D eigenvalue weighted by Gasteiger charge is 2.27. The van der Waals surface area contributed by atoms with E-state index in [-0.39, 0.29) is 16.3 Å². The van der Waals surface area contributed by atoms with E-state index in [2.05, 4.69) is 5.10 Å². The summed E-state index contributed by atoms with van der Waals surface area (Å²) in [6.45, 7) is 0.605. The number of carbonyl (C=O) groups is 1. The smallest absolute Gasteiger partial charge is 0.347 e. The molecule has 0 bridgehead atoms. The maximum Gasteiger partial charge on any atom is 0.347 e. The Morgan fingerprint density at radius 1 is 1.55 bits per heavy atom. The monoisotopic (exact) mass is 315 g/mol. The summed E-state index contributed by atoms with van der Waals surface area (Å²) in [5.41, 5.74) is 0. The van der Waals surface area contributed by atoms with Crippen molar-refractivity contribution in [3.05, 3.63) is 34.8 Å². The molecule has 9 heteroatoms. The minimum absolute atomic E-state index is 0.169. The maximum atomic E-state index is 12.3. The van der Waals surface area contributed by atoms with Gasteiger partial charge in [0.15, 0.2) is 0 Å². The molecule has 1 N–H and O–H groups in total. The summed E-state index contributed by atoms with van der Waals surface area (Å²) in [7, 11) is -2.38. The lowest BCUT2D eigenvalue weighted by Gasteiger charge is -2.16. The SMILES string of the molecule is CN(CCn1cccn1)S(=O)(=O)c1ccsc1C(=O)O. The molecule has 108 valence electrons. The molecule has 2 heterocycles. The Hall–Kier alpha value is -1.71. The molecule has 0 aliphatic rings. The molecule has 0 aliphatic carbocycles. The number of thiophene rings is 1. The Kier molecular flexibility index (Phi) is 4.21. The van der Waals surface area contributed by atoms with Gasteiger partial charge in [0.25, 0.3) is 0 Å². The lowest BCUT2D eigenvalue weighted by molar-refractivity contribution is 0.0698. The Morgan fingerprint density at radius 3 is 2.90 bits per heavy atom. The van der Waals surface area contributed by atoms with Crippen molar-refractivity contribution in [2.45, 2.75) is 11.4 Å². The second kappa shape index (κ2) is 5.73. The van der Waals surface area contributed by atoms with E-state index in [4.69, 9.17) is 5.11 Å². The Morgan fingerprint density at radius 2 is 2.30 bits per heavy atom. The van der Waals surface area contributed by atoms with Crippen LogP contribution in [0.5, 0.6) is 0 Å². The lowest BCUT2D eigenvalue weighted by Crippen LogP contribution is -2.31. The van der Waals surface area contributed by atoms with E-state index in [1.54, 1.807) is 23.1 Å². The molecule has 0 saturated carbocycles. The highest BCUT2D eigenvalue weighted by atomic mass is 32.2. The third-order valence-electron chi connectivity index (χ3n) is 2.71. The van der Waals surface area contributed by atoms with Crippen LogP contribution in [0.25, 0.3) is 0 Å². The molecule has 0 fully saturated rings. The molecule has 2 rings (SSSR count). The van der Waals surface area contributed by atoms with Crippen LogP contribution in [0.3, 0.4) is 0 Å². The van der Waals surface area contributed by atoms with Gasteiger partial charge in [0.05, 0.1) is 6.54 Å². The number of carboxylic acid groups (broad SMARTS) is 1. The Labute approximate surface area is 120 Å². The summed E-state index contributed by atoms with van der Waals surface area (Å²) in [6, 6.07) is 3.06. The van der Waals surface area contributed by atoms with E-state index in [9.17, 15) is 13.2 Å². The van der Waals surface area contributed by atoms with Crippen molar-refractivity contribution < 1.29 is 18.3 Å². The minimum Gasteiger partial charge on any atom is -0.477 e. The second-order valence-electron chi connectivity index (χ2n) is 4.01. The van der Waals surface area contributed by atoms with Gasteiger partial charge in [-0.15, -0.1) is 11.3 Å². The zero-order valence-electron chi connectivity index (χ0n) is 10.6. The Balaban J connectivity index is 2.17. The van der Waals surface area contributed by atoms with Crippen LogP contribution in [-0.4, -0.2) is 47.2 Å². The highest BCUT2D eigenvalue weighted by Crippen LogP contribution is 2.24. The van der Waals surface area contributed by atoms with Crippen LogP contribution in [-0.2, 0) is 16.6 Å². The molecule has 0 saturated heterocycles. The molecule has 0 unspecified atom stereocenters. The van der Waals surface area contributed by atoms with Crippen LogP contribution >= 0.6 is 11.3 Å². The van der Waals surface area contributed by atoms with Gasteiger partial charge in [-0.3, -0.25) is 4.68 Å². The summed E-state index contributed by atoms with van der Waals surface area (Å²) in [6.07, 6.45) is 3.34. The van der Waals surface area contributed by atoms with Gasteiger partial charge in [-0.05, 0) is 17.5 Å². The van der Waals surface area contributed by atoms with Gasteiger partial charge in [-0.25, -0.2) is 13.2 Å². The summed E-state index contributed by atoms with van der Waals surface area (Å²) < 4.78 is 27.4. The molecule has 0 radical (unpaired) electrons. The van der Waals surface area contributed by atoms with E-state index in [0.29, 0.717) is 6.54 Å². The zero-order valence-corrected chi connectivity index (χ0v) is 12.3. The Bertz CT molecular complexity index is 691. The molecule has 2 aromatic rings. The summed E-state index contributed by atoms with van der Waals surface area (Å²) >= 11 is 0.895. The van der Waals surface area contributed by atoms with Crippen LogP contribution < -0.4 is 0 Å². The van der Waals surface area contributed by atoms with Gasteiger partial charge in [-0.2, -0.15) is 9.40 Å². The quantitative estimate of drug-likeness (QED) is 0.857. The number of likely N-dealkylation sites (N-methyl/N-ethyl adjacent to an activating group) is 1. The second-order valence-corrected chi connectivity index (χ2v) is 6.94. The van der Waals surface area contributed by atoms with Crippen molar-refractivity contribution in [2.24, 2.45) is 0 Å². The number of nitrogens with zero attached hydrogens (tertiary/aromatic N) is 3. The number of hydrogen-bond donors (Lipinski definition) is 1. The fraction of sp³-hybridized carbons (Fsp3) is 0.273. The predicted molar refractivity (Wildman–Crippen MR) is 73.3 cm³/mol. The number of rotatable bonds is 6. The first kappa shape index (κ1) is 14.7. The van der Waals surface area contributed by atoms with Crippen molar-refractivity contribution in [1.82, 2.24) is 14.1 Å². The molecular weight excluding hydrogens is 302 g/mol. The molecule has 2 aromatic heterocycles. The van der Waals surface area contributed by atoms with Crippen LogP contribution in [0.2, 0.25) is 0 Å². The highest BCUT2D eigenvalue weighted by molar-refractivity contribution is 7.89.